The van der Waals surface area contributed by atoms with E-state index in [1.54, 1.807) is 0 Å². The number of hydrogen-bond acceptors (Lipinski definition) is 5. The monoisotopic (exact) mass is 389 g/mol. The van der Waals surface area contributed by atoms with E-state index in [9.17, 15) is 4.79 Å². The van der Waals surface area contributed by atoms with Crippen LogP contribution in [0.3, 0.4) is 0 Å². The van der Waals surface area contributed by atoms with Crippen LogP contribution in [0.15, 0.2) is 54.6 Å². The zero-order valence-corrected chi connectivity index (χ0v) is 17.5. The third-order valence-electron chi connectivity index (χ3n) is 4.32. The molecule has 0 radical (unpaired) electrons. The van der Waals surface area contributed by atoms with E-state index in [1.165, 1.54) is 12.5 Å². The van der Waals surface area contributed by atoms with E-state index in [1.807, 2.05) is 37.3 Å². The fourth-order valence-electron chi connectivity index (χ4n) is 2.92. The predicted molar refractivity (Wildman–Crippen MR) is 119 cm³/mol. The zero-order chi connectivity index (χ0) is 21.0. The van der Waals surface area contributed by atoms with Gasteiger partial charge in [0.2, 0.25) is 5.91 Å². The summed E-state index contributed by atoms with van der Waals surface area (Å²) < 4.78 is 0. The lowest BCUT2D eigenvalue weighted by molar-refractivity contribution is -0.114. The average molecular weight is 390 g/mol. The predicted octanol–water partition coefficient (Wildman–Crippen LogP) is 5.53. The van der Waals surface area contributed by atoms with Crippen molar-refractivity contribution in [2.45, 2.75) is 40.0 Å². The molecule has 0 aliphatic carbocycles. The fraction of sp³-hybridized carbons (Fsp3) is 0.261. The van der Waals surface area contributed by atoms with Gasteiger partial charge in [-0.05, 0) is 48.2 Å². The normalized spacial score (nSPS) is 11.1. The van der Waals surface area contributed by atoms with Crippen LogP contribution < -0.4 is 16.0 Å². The van der Waals surface area contributed by atoms with Crippen LogP contribution in [0.4, 0.5) is 28.7 Å². The quantitative estimate of drug-likeness (QED) is 0.535. The second-order valence-electron chi connectivity index (χ2n) is 8.02. The fourth-order valence-corrected chi connectivity index (χ4v) is 2.92. The van der Waals surface area contributed by atoms with Crippen molar-refractivity contribution in [1.82, 2.24) is 9.97 Å². The first kappa shape index (κ1) is 20.3. The van der Waals surface area contributed by atoms with Gasteiger partial charge in [0.1, 0.15) is 17.5 Å². The highest BCUT2D eigenvalue weighted by atomic mass is 16.1. The summed E-state index contributed by atoms with van der Waals surface area (Å²) in [6, 6.07) is 17.7. The van der Waals surface area contributed by atoms with Crippen molar-refractivity contribution in [3.05, 3.63) is 66.0 Å². The van der Waals surface area contributed by atoms with E-state index in [2.05, 4.69) is 71.0 Å². The second-order valence-corrected chi connectivity index (χ2v) is 8.02. The number of nitrogens with zero attached hydrogens (tertiary/aromatic N) is 2. The maximum absolute atomic E-state index is 11.3. The molecule has 1 aromatic heterocycles. The van der Waals surface area contributed by atoms with E-state index in [-0.39, 0.29) is 11.3 Å². The van der Waals surface area contributed by atoms with Gasteiger partial charge in [-0.15, -0.1) is 0 Å². The molecular weight excluding hydrogens is 362 g/mol. The van der Waals surface area contributed by atoms with E-state index in [4.69, 9.17) is 0 Å². The van der Waals surface area contributed by atoms with E-state index in [0.29, 0.717) is 17.5 Å². The molecule has 0 aliphatic rings. The Morgan fingerprint density at radius 3 is 2.00 bits per heavy atom. The minimum atomic E-state index is -0.107. The third kappa shape index (κ3) is 5.78. The van der Waals surface area contributed by atoms with Crippen molar-refractivity contribution in [3.8, 4) is 0 Å². The van der Waals surface area contributed by atoms with Crippen molar-refractivity contribution >= 4 is 34.6 Å². The number of hydrogen-bond donors (Lipinski definition) is 3. The number of benzene rings is 2. The van der Waals surface area contributed by atoms with Crippen molar-refractivity contribution in [2.75, 3.05) is 16.0 Å². The number of amides is 1. The topological polar surface area (TPSA) is 78.9 Å². The van der Waals surface area contributed by atoms with Gasteiger partial charge in [0.15, 0.2) is 0 Å². The Hall–Kier alpha value is -3.41. The van der Waals surface area contributed by atoms with Gasteiger partial charge in [-0.25, -0.2) is 9.97 Å². The molecule has 0 saturated carbocycles. The molecular formula is C23H27N5O. The second kappa shape index (κ2) is 8.31. The first-order valence-electron chi connectivity index (χ1n) is 9.57. The lowest BCUT2D eigenvalue weighted by atomic mass is 9.87. The highest BCUT2D eigenvalue weighted by Crippen LogP contribution is 2.26. The Kier molecular flexibility index (Phi) is 5.82. The Morgan fingerprint density at radius 1 is 0.828 bits per heavy atom. The summed E-state index contributed by atoms with van der Waals surface area (Å²) in [5.41, 5.74) is 3.92. The van der Waals surface area contributed by atoms with Gasteiger partial charge in [-0.3, -0.25) is 4.79 Å². The Balaban J connectivity index is 1.77. The summed E-state index contributed by atoms with van der Waals surface area (Å²) >= 11 is 0. The molecule has 3 rings (SSSR count). The lowest BCUT2D eigenvalue weighted by Crippen LogP contribution is -2.10. The molecule has 0 spiro atoms. The molecule has 0 bridgehead atoms. The van der Waals surface area contributed by atoms with Crippen LogP contribution in [0.2, 0.25) is 0 Å². The first-order chi connectivity index (χ1) is 13.7. The van der Waals surface area contributed by atoms with Crippen molar-refractivity contribution < 1.29 is 4.79 Å². The smallest absolute Gasteiger partial charge is 0.221 e. The maximum Gasteiger partial charge on any atom is 0.221 e. The van der Waals surface area contributed by atoms with Crippen LogP contribution in [0.1, 0.15) is 39.1 Å². The molecule has 6 heteroatoms. The summed E-state index contributed by atoms with van der Waals surface area (Å²) in [5, 5.41) is 9.39. The van der Waals surface area contributed by atoms with Crippen LogP contribution >= 0.6 is 0 Å². The van der Waals surface area contributed by atoms with Gasteiger partial charge in [0.25, 0.3) is 0 Å². The largest absolute Gasteiger partial charge is 0.340 e. The molecule has 0 fully saturated rings. The Morgan fingerprint density at radius 2 is 1.41 bits per heavy atom. The van der Waals surface area contributed by atoms with Gasteiger partial charge in [-0.2, -0.15) is 0 Å². The number of carbonyl (C=O) groups is 1. The van der Waals surface area contributed by atoms with Gasteiger partial charge in [-0.1, -0.05) is 39.0 Å². The number of carbonyl (C=O) groups excluding carboxylic acids is 1. The van der Waals surface area contributed by atoms with Crippen molar-refractivity contribution in [1.29, 1.82) is 0 Å². The Labute approximate surface area is 171 Å². The minimum absolute atomic E-state index is 0.107. The maximum atomic E-state index is 11.3. The average Bonchev–Trinajstić information content (AvgIpc) is 2.60. The molecule has 1 amide bonds. The molecule has 3 N–H and O–H groups in total. The van der Waals surface area contributed by atoms with Crippen molar-refractivity contribution in [2.24, 2.45) is 0 Å². The molecule has 0 saturated heterocycles. The highest BCUT2D eigenvalue weighted by Gasteiger charge is 2.13. The van der Waals surface area contributed by atoms with Crippen LogP contribution in [0.25, 0.3) is 0 Å². The molecule has 6 nitrogen and oxygen atoms in total. The summed E-state index contributed by atoms with van der Waals surface area (Å²) in [7, 11) is 0. The molecule has 2 aromatic carbocycles. The van der Waals surface area contributed by atoms with E-state index in [0.717, 1.165) is 17.1 Å². The summed E-state index contributed by atoms with van der Waals surface area (Å²) in [4.78, 5) is 20.2. The van der Waals surface area contributed by atoms with Crippen LogP contribution in [0.5, 0.6) is 0 Å². The first-order valence-corrected chi connectivity index (χ1v) is 9.57. The van der Waals surface area contributed by atoms with Crippen LogP contribution in [-0.2, 0) is 10.2 Å². The molecule has 3 aromatic rings. The van der Waals surface area contributed by atoms with Crippen LogP contribution in [-0.4, -0.2) is 15.9 Å². The van der Waals surface area contributed by atoms with E-state index < -0.39 is 0 Å². The summed E-state index contributed by atoms with van der Waals surface area (Å²) in [6.45, 7) is 9.93. The lowest BCUT2D eigenvalue weighted by Gasteiger charge is -2.19. The molecule has 1 heterocycles. The van der Waals surface area contributed by atoms with Gasteiger partial charge >= 0.3 is 0 Å². The summed E-state index contributed by atoms with van der Waals surface area (Å²) in [5.74, 6) is 1.93. The molecule has 150 valence electrons. The third-order valence-corrected chi connectivity index (χ3v) is 4.32. The Bertz CT molecular complexity index is 1010. The highest BCUT2D eigenvalue weighted by molar-refractivity contribution is 5.89. The minimum Gasteiger partial charge on any atom is -0.340 e. The molecule has 29 heavy (non-hydrogen) atoms. The number of nitrogens with one attached hydrogen (secondary N) is 3. The van der Waals surface area contributed by atoms with Gasteiger partial charge in [0, 0.05) is 30.1 Å². The number of rotatable bonds is 5. The summed E-state index contributed by atoms with van der Waals surface area (Å²) in [6.07, 6.45) is 0. The SMILES string of the molecule is CC(=O)Nc1cccc(Nc2cc(Nc3ccc(C(C)(C)C)cc3)nc(C)n2)c1. The standard InChI is InChI=1S/C23H27N5O/c1-15-24-21(27-18-11-9-17(10-12-18)23(3,4)5)14-22(25-15)28-20-8-6-7-19(13-20)26-16(2)29/h6-14H,1-5H3,(H,26,29)(H2,24,25,27,28). The molecule has 0 aliphatic heterocycles. The van der Waals surface area contributed by atoms with Gasteiger partial charge < -0.3 is 16.0 Å². The number of anilines is 5. The van der Waals surface area contributed by atoms with Crippen LogP contribution in [0, 0.1) is 6.92 Å². The number of aromatic nitrogens is 2. The number of aryl methyl sites for hydroxylation is 1. The molecule has 0 unspecified atom stereocenters. The zero-order valence-electron chi connectivity index (χ0n) is 17.5. The van der Waals surface area contributed by atoms with E-state index >= 15 is 0 Å². The van der Waals surface area contributed by atoms with Crippen molar-refractivity contribution in [3.63, 3.8) is 0 Å². The van der Waals surface area contributed by atoms with Gasteiger partial charge in [0.05, 0.1) is 0 Å². The molecule has 0 atom stereocenters.